The number of pyridine rings is 2. The molecule has 25 heavy (non-hydrogen) atoms. The molecule has 0 saturated heterocycles. The number of rotatable bonds is 6. The van der Waals surface area contributed by atoms with Crippen LogP contribution >= 0.6 is 24.0 Å². The summed E-state index contributed by atoms with van der Waals surface area (Å²) < 4.78 is 2.04. The van der Waals surface area contributed by atoms with Gasteiger partial charge in [0.05, 0.1) is 5.69 Å². The Labute approximate surface area is 164 Å². The van der Waals surface area contributed by atoms with Crippen molar-refractivity contribution in [3.8, 4) is 0 Å². The lowest BCUT2D eigenvalue weighted by Gasteiger charge is -2.11. The molecule has 7 heteroatoms. The summed E-state index contributed by atoms with van der Waals surface area (Å²) in [7, 11) is 1.78. The Bertz CT molecular complexity index is 766. The number of hydrogen-bond acceptors (Lipinski definition) is 3. The maximum absolute atomic E-state index is 4.59. The van der Waals surface area contributed by atoms with Crippen molar-refractivity contribution in [2.75, 3.05) is 20.1 Å². The first-order chi connectivity index (χ1) is 11.8. The predicted octanol–water partition coefficient (Wildman–Crippen LogP) is 2.30. The van der Waals surface area contributed by atoms with Gasteiger partial charge in [0.25, 0.3) is 0 Å². The second kappa shape index (κ2) is 9.97. The van der Waals surface area contributed by atoms with E-state index in [1.807, 2.05) is 53.2 Å². The molecule has 3 aromatic rings. The summed E-state index contributed by atoms with van der Waals surface area (Å²) in [5.74, 6) is 0.801. The molecule has 0 atom stereocenters. The molecule has 0 bridgehead atoms. The smallest absolute Gasteiger partial charge is 0.191 e. The second-order valence-electron chi connectivity index (χ2n) is 5.45. The van der Waals surface area contributed by atoms with Gasteiger partial charge in [0.2, 0.25) is 0 Å². The lowest BCUT2D eigenvalue weighted by Crippen LogP contribution is -2.39. The van der Waals surface area contributed by atoms with Crippen LogP contribution in [0.15, 0.2) is 60.0 Å². The minimum atomic E-state index is 0. The third kappa shape index (κ3) is 5.70. The first-order valence-electron chi connectivity index (χ1n) is 8.12. The number of guanidine groups is 1. The molecule has 0 radical (unpaired) electrons. The summed E-state index contributed by atoms with van der Waals surface area (Å²) in [5.41, 5.74) is 3.12. The fourth-order valence-electron chi connectivity index (χ4n) is 2.49. The molecule has 0 amide bonds. The van der Waals surface area contributed by atoms with Crippen LogP contribution in [0, 0.1) is 0 Å². The Morgan fingerprint density at radius 3 is 2.48 bits per heavy atom. The van der Waals surface area contributed by atoms with E-state index in [4.69, 9.17) is 0 Å². The lowest BCUT2D eigenvalue weighted by molar-refractivity contribution is 0.771. The zero-order valence-electron chi connectivity index (χ0n) is 14.2. The molecule has 3 rings (SSSR count). The SMILES string of the molecule is CN=C(NCCc1ccccn1)NCCc1cn2ccccc2n1.I. The fraction of sp³-hybridized carbons (Fsp3) is 0.278. The minimum absolute atomic E-state index is 0. The summed E-state index contributed by atoms with van der Waals surface area (Å²) in [6, 6.07) is 12.0. The van der Waals surface area contributed by atoms with Crippen molar-refractivity contribution in [3.05, 3.63) is 66.4 Å². The Balaban J connectivity index is 0.00000225. The summed E-state index contributed by atoms with van der Waals surface area (Å²) >= 11 is 0. The van der Waals surface area contributed by atoms with Gasteiger partial charge in [0, 0.05) is 57.3 Å². The van der Waals surface area contributed by atoms with E-state index in [9.17, 15) is 0 Å². The monoisotopic (exact) mass is 450 g/mol. The van der Waals surface area contributed by atoms with Crippen LogP contribution in [0.4, 0.5) is 0 Å². The van der Waals surface area contributed by atoms with E-state index in [1.165, 1.54) is 0 Å². The standard InChI is InChI=1S/C18H22N6.HI/c1-19-18(21-11-8-15-6-2-4-10-20-15)22-12-9-16-14-24-13-5-3-7-17(24)23-16;/h2-7,10,13-14H,8-9,11-12H2,1H3,(H2,19,21,22);1H. The third-order valence-corrected chi connectivity index (χ3v) is 3.71. The number of halogens is 1. The number of fused-ring (bicyclic) bond motifs is 1. The third-order valence-electron chi connectivity index (χ3n) is 3.71. The lowest BCUT2D eigenvalue weighted by atomic mass is 10.3. The summed E-state index contributed by atoms with van der Waals surface area (Å²) in [6.45, 7) is 1.58. The van der Waals surface area contributed by atoms with Crippen LogP contribution < -0.4 is 10.6 Å². The van der Waals surface area contributed by atoms with Crippen molar-refractivity contribution in [1.82, 2.24) is 25.0 Å². The van der Waals surface area contributed by atoms with Crippen LogP contribution in [0.5, 0.6) is 0 Å². The highest BCUT2D eigenvalue weighted by Crippen LogP contribution is 2.04. The van der Waals surface area contributed by atoms with E-state index in [-0.39, 0.29) is 24.0 Å². The number of nitrogens with one attached hydrogen (secondary N) is 2. The van der Waals surface area contributed by atoms with E-state index >= 15 is 0 Å². The molecule has 0 spiro atoms. The molecular formula is C18H23IN6. The van der Waals surface area contributed by atoms with E-state index < -0.39 is 0 Å². The van der Waals surface area contributed by atoms with Crippen molar-refractivity contribution in [2.24, 2.45) is 4.99 Å². The van der Waals surface area contributed by atoms with Gasteiger partial charge >= 0.3 is 0 Å². The van der Waals surface area contributed by atoms with Crippen molar-refractivity contribution in [1.29, 1.82) is 0 Å². The van der Waals surface area contributed by atoms with Gasteiger partial charge in [-0.2, -0.15) is 0 Å². The van der Waals surface area contributed by atoms with Gasteiger partial charge in [-0.15, -0.1) is 24.0 Å². The van der Waals surface area contributed by atoms with Crippen LogP contribution in [0.25, 0.3) is 5.65 Å². The molecule has 6 nitrogen and oxygen atoms in total. The van der Waals surface area contributed by atoms with Gasteiger partial charge in [0.1, 0.15) is 5.65 Å². The molecule has 0 aliphatic heterocycles. The van der Waals surface area contributed by atoms with E-state index in [0.29, 0.717) is 0 Å². The van der Waals surface area contributed by atoms with Crippen molar-refractivity contribution < 1.29 is 0 Å². The molecular weight excluding hydrogens is 427 g/mol. The molecule has 0 fully saturated rings. The average molecular weight is 450 g/mol. The quantitative estimate of drug-likeness (QED) is 0.344. The largest absolute Gasteiger partial charge is 0.356 e. The molecule has 0 saturated carbocycles. The van der Waals surface area contributed by atoms with Gasteiger partial charge in [-0.3, -0.25) is 9.98 Å². The summed E-state index contributed by atoms with van der Waals surface area (Å²) in [6.07, 6.45) is 7.61. The Kier molecular flexibility index (Phi) is 7.65. The molecule has 0 unspecified atom stereocenters. The van der Waals surface area contributed by atoms with Crippen molar-refractivity contribution in [2.45, 2.75) is 12.8 Å². The van der Waals surface area contributed by atoms with Crippen LogP contribution in [0.3, 0.4) is 0 Å². The highest BCUT2D eigenvalue weighted by molar-refractivity contribution is 14.0. The van der Waals surface area contributed by atoms with Crippen LogP contribution in [-0.2, 0) is 12.8 Å². The average Bonchev–Trinajstić information content (AvgIpc) is 3.04. The molecule has 0 aliphatic carbocycles. The molecule has 0 aromatic carbocycles. The first kappa shape index (κ1) is 19.2. The van der Waals surface area contributed by atoms with E-state index in [0.717, 1.165) is 48.9 Å². The number of hydrogen-bond donors (Lipinski definition) is 2. The van der Waals surface area contributed by atoms with Gasteiger partial charge in [-0.05, 0) is 24.3 Å². The first-order valence-corrected chi connectivity index (χ1v) is 8.12. The Morgan fingerprint density at radius 2 is 1.80 bits per heavy atom. The van der Waals surface area contributed by atoms with Crippen LogP contribution in [0.2, 0.25) is 0 Å². The van der Waals surface area contributed by atoms with Gasteiger partial charge in [-0.1, -0.05) is 12.1 Å². The zero-order valence-corrected chi connectivity index (χ0v) is 16.6. The minimum Gasteiger partial charge on any atom is -0.356 e. The van der Waals surface area contributed by atoms with Gasteiger partial charge < -0.3 is 15.0 Å². The van der Waals surface area contributed by atoms with Crippen LogP contribution in [-0.4, -0.2) is 40.5 Å². The predicted molar refractivity (Wildman–Crippen MR) is 112 cm³/mol. The number of aromatic nitrogens is 3. The van der Waals surface area contributed by atoms with E-state index in [1.54, 1.807) is 7.05 Å². The maximum Gasteiger partial charge on any atom is 0.191 e. The van der Waals surface area contributed by atoms with Crippen molar-refractivity contribution >= 4 is 35.6 Å². The zero-order chi connectivity index (χ0) is 16.6. The Morgan fingerprint density at radius 1 is 1.04 bits per heavy atom. The molecule has 2 N–H and O–H groups in total. The summed E-state index contributed by atoms with van der Waals surface area (Å²) in [4.78, 5) is 13.1. The van der Waals surface area contributed by atoms with Gasteiger partial charge in [-0.25, -0.2) is 4.98 Å². The van der Waals surface area contributed by atoms with E-state index in [2.05, 4.69) is 31.8 Å². The molecule has 132 valence electrons. The second-order valence-corrected chi connectivity index (χ2v) is 5.45. The van der Waals surface area contributed by atoms with Crippen LogP contribution in [0.1, 0.15) is 11.4 Å². The van der Waals surface area contributed by atoms with Gasteiger partial charge in [0.15, 0.2) is 5.96 Å². The van der Waals surface area contributed by atoms with Crippen molar-refractivity contribution in [3.63, 3.8) is 0 Å². The topological polar surface area (TPSA) is 66.6 Å². The maximum atomic E-state index is 4.59. The number of imidazole rings is 1. The normalized spacial score (nSPS) is 11.2. The number of aliphatic imine (C=N–C) groups is 1. The number of nitrogens with zero attached hydrogens (tertiary/aromatic N) is 4. The fourth-order valence-corrected chi connectivity index (χ4v) is 2.49. The molecule has 3 heterocycles. The highest BCUT2D eigenvalue weighted by atomic mass is 127. The molecule has 3 aromatic heterocycles. The summed E-state index contributed by atoms with van der Waals surface area (Å²) in [5, 5.41) is 6.62. The Hall–Kier alpha value is -2.16. The highest BCUT2D eigenvalue weighted by Gasteiger charge is 2.02. The molecule has 0 aliphatic rings.